The van der Waals surface area contributed by atoms with E-state index in [0.29, 0.717) is 17.8 Å². The smallest absolute Gasteiger partial charge is 0.282 e. The zero-order valence-corrected chi connectivity index (χ0v) is 10.7. The van der Waals surface area contributed by atoms with Crippen molar-refractivity contribution in [3.05, 3.63) is 39.7 Å². The van der Waals surface area contributed by atoms with Gasteiger partial charge in [0.05, 0.1) is 11.0 Å². The van der Waals surface area contributed by atoms with Crippen LogP contribution in [0.25, 0.3) is 11.5 Å². The predicted molar refractivity (Wildman–Crippen MR) is 68.3 cm³/mol. The molecule has 7 heteroatoms. The second kappa shape index (κ2) is 5.15. The maximum absolute atomic E-state index is 11.0. The first kappa shape index (κ1) is 13.2. The fourth-order valence-electron chi connectivity index (χ4n) is 1.66. The lowest BCUT2D eigenvalue weighted by Crippen LogP contribution is -2.10. The normalized spacial score (nSPS) is 12.4. The summed E-state index contributed by atoms with van der Waals surface area (Å²) in [7, 11) is 0. The van der Waals surface area contributed by atoms with Gasteiger partial charge in [0.15, 0.2) is 5.82 Å². The van der Waals surface area contributed by atoms with Crippen molar-refractivity contribution in [1.82, 2.24) is 10.1 Å². The van der Waals surface area contributed by atoms with Crippen LogP contribution in [0.5, 0.6) is 0 Å². The summed E-state index contributed by atoms with van der Waals surface area (Å²) in [4.78, 5) is 14.6. The molecule has 0 fully saturated rings. The van der Waals surface area contributed by atoms with Crippen LogP contribution < -0.4 is 5.73 Å². The molecule has 1 atom stereocenters. The average molecular weight is 262 g/mol. The Kier molecular flexibility index (Phi) is 3.57. The van der Waals surface area contributed by atoms with Crippen LogP contribution in [0.3, 0.4) is 0 Å². The van der Waals surface area contributed by atoms with Gasteiger partial charge >= 0.3 is 0 Å². The van der Waals surface area contributed by atoms with Gasteiger partial charge in [-0.05, 0) is 25.0 Å². The standard InChI is InChI=1S/C12H14N4O3/c1-3-9(13)11-14-12(19-15-11)8-6-7(2)4-5-10(8)16(17)18/h4-6,9H,3,13H2,1-2H3. The van der Waals surface area contributed by atoms with E-state index in [1.54, 1.807) is 12.1 Å². The third-order valence-electron chi connectivity index (χ3n) is 2.79. The minimum atomic E-state index is -0.474. The molecule has 19 heavy (non-hydrogen) atoms. The van der Waals surface area contributed by atoms with E-state index >= 15 is 0 Å². The summed E-state index contributed by atoms with van der Waals surface area (Å²) < 4.78 is 5.07. The molecule has 7 nitrogen and oxygen atoms in total. The lowest BCUT2D eigenvalue weighted by molar-refractivity contribution is -0.384. The van der Waals surface area contributed by atoms with E-state index < -0.39 is 4.92 Å². The quantitative estimate of drug-likeness (QED) is 0.669. The van der Waals surface area contributed by atoms with Crippen molar-refractivity contribution in [2.24, 2.45) is 5.73 Å². The summed E-state index contributed by atoms with van der Waals surface area (Å²) >= 11 is 0. The highest BCUT2D eigenvalue weighted by atomic mass is 16.6. The summed E-state index contributed by atoms with van der Waals surface area (Å²) in [6.45, 7) is 3.73. The molecular weight excluding hydrogens is 248 g/mol. The van der Waals surface area contributed by atoms with E-state index in [1.165, 1.54) is 6.07 Å². The number of rotatable bonds is 4. The van der Waals surface area contributed by atoms with Gasteiger partial charge in [0.1, 0.15) is 5.56 Å². The highest BCUT2D eigenvalue weighted by Crippen LogP contribution is 2.30. The number of hydrogen-bond donors (Lipinski definition) is 1. The van der Waals surface area contributed by atoms with Crippen LogP contribution in [-0.2, 0) is 0 Å². The third-order valence-corrected chi connectivity index (χ3v) is 2.79. The van der Waals surface area contributed by atoms with Gasteiger partial charge in [-0.1, -0.05) is 18.1 Å². The first-order valence-electron chi connectivity index (χ1n) is 5.87. The van der Waals surface area contributed by atoms with Crippen LogP contribution >= 0.6 is 0 Å². The van der Waals surface area contributed by atoms with Crippen LogP contribution in [0.15, 0.2) is 22.7 Å². The van der Waals surface area contributed by atoms with Gasteiger partial charge in [-0.15, -0.1) is 0 Å². The molecule has 0 saturated carbocycles. The number of nitro benzene ring substituents is 1. The minimum absolute atomic E-state index is 0.0640. The van der Waals surface area contributed by atoms with Gasteiger partial charge in [0.2, 0.25) is 0 Å². The molecule has 2 aromatic rings. The molecule has 1 heterocycles. The van der Waals surface area contributed by atoms with Gasteiger partial charge in [0, 0.05) is 6.07 Å². The van der Waals surface area contributed by atoms with Crippen LogP contribution in [0.4, 0.5) is 5.69 Å². The van der Waals surface area contributed by atoms with Gasteiger partial charge in [0.25, 0.3) is 11.6 Å². The van der Waals surface area contributed by atoms with Crippen molar-refractivity contribution in [3.8, 4) is 11.5 Å². The van der Waals surface area contributed by atoms with Crippen LogP contribution in [0.1, 0.15) is 30.8 Å². The summed E-state index contributed by atoms with van der Waals surface area (Å²) in [6, 6.07) is 4.40. The Labute approximate surface area is 109 Å². The Morgan fingerprint density at radius 2 is 2.26 bits per heavy atom. The molecule has 0 bridgehead atoms. The zero-order chi connectivity index (χ0) is 14.0. The average Bonchev–Trinajstić information content (AvgIpc) is 2.86. The topological polar surface area (TPSA) is 108 Å². The van der Waals surface area contributed by atoms with Crippen molar-refractivity contribution in [3.63, 3.8) is 0 Å². The second-order valence-electron chi connectivity index (χ2n) is 4.25. The fraction of sp³-hybridized carbons (Fsp3) is 0.333. The third kappa shape index (κ3) is 2.60. The van der Waals surface area contributed by atoms with Crippen molar-refractivity contribution >= 4 is 5.69 Å². The Bertz CT molecular complexity index is 609. The van der Waals surface area contributed by atoms with E-state index in [9.17, 15) is 10.1 Å². The monoisotopic (exact) mass is 262 g/mol. The molecule has 2 N–H and O–H groups in total. The molecule has 0 aliphatic heterocycles. The second-order valence-corrected chi connectivity index (χ2v) is 4.25. The lowest BCUT2D eigenvalue weighted by Gasteiger charge is -2.00. The molecule has 1 unspecified atom stereocenters. The maximum Gasteiger partial charge on any atom is 0.282 e. The number of aryl methyl sites for hydroxylation is 1. The Hall–Kier alpha value is -2.28. The van der Waals surface area contributed by atoms with E-state index in [-0.39, 0.29) is 17.6 Å². The summed E-state index contributed by atoms with van der Waals surface area (Å²) in [5, 5.41) is 14.8. The van der Waals surface area contributed by atoms with E-state index in [4.69, 9.17) is 10.3 Å². The fourth-order valence-corrected chi connectivity index (χ4v) is 1.66. The SMILES string of the molecule is CCC(N)c1noc(-c2cc(C)ccc2[N+](=O)[O-])n1. The van der Waals surface area contributed by atoms with E-state index in [1.807, 2.05) is 13.8 Å². The molecule has 2 rings (SSSR count). The first-order valence-corrected chi connectivity index (χ1v) is 5.87. The molecule has 0 aliphatic rings. The zero-order valence-electron chi connectivity index (χ0n) is 10.7. The van der Waals surface area contributed by atoms with Crippen molar-refractivity contribution in [1.29, 1.82) is 0 Å². The first-order chi connectivity index (χ1) is 9.02. The molecule has 0 amide bonds. The summed E-state index contributed by atoms with van der Waals surface area (Å²) in [5.74, 6) is 0.475. The molecule has 0 radical (unpaired) electrons. The number of nitrogens with two attached hydrogens (primary N) is 1. The molecular formula is C12H14N4O3. The van der Waals surface area contributed by atoms with Crippen molar-refractivity contribution in [2.75, 3.05) is 0 Å². The van der Waals surface area contributed by atoms with Crippen LogP contribution in [0.2, 0.25) is 0 Å². The maximum atomic E-state index is 11.0. The number of benzene rings is 1. The largest absolute Gasteiger partial charge is 0.334 e. The molecule has 100 valence electrons. The van der Waals surface area contributed by atoms with Crippen molar-refractivity contribution < 1.29 is 9.45 Å². The number of hydrogen-bond acceptors (Lipinski definition) is 6. The Morgan fingerprint density at radius 3 is 2.89 bits per heavy atom. The Morgan fingerprint density at radius 1 is 1.53 bits per heavy atom. The number of nitrogens with zero attached hydrogens (tertiary/aromatic N) is 3. The van der Waals surface area contributed by atoms with E-state index in [2.05, 4.69) is 10.1 Å². The molecule has 0 saturated heterocycles. The molecule has 1 aromatic heterocycles. The Balaban J connectivity index is 2.49. The highest BCUT2D eigenvalue weighted by molar-refractivity contribution is 5.67. The lowest BCUT2D eigenvalue weighted by atomic mass is 10.1. The highest BCUT2D eigenvalue weighted by Gasteiger charge is 2.21. The number of aromatic nitrogens is 2. The molecule has 1 aromatic carbocycles. The van der Waals surface area contributed by atoms with Gasteiger partial charge in [-0.2, -0.15) is 4.98 Å². The minimum Gasteiger partial charge on any atom is -0.334 e. The van der Waals surface area contributed by atoms with Gasteiger partial charge in [-0.3, -0.25) is 10.1 Å². The van der Waals surface area contributed by atoms with Crippen LogP contribution in [0, 0.1) is 17.0 Å². The summed E-state index contributed by atoms with van der Waals surface area (Å²) in [6.07, 6.45) is 0.662. The molecule has 0 aliphatic carbocycles. The van der Waals surface area contributed by atoms with Gasteiger partial charge in [-0.25, -0.2) is 0 Å². The molecule has 0 spiro atoms. The van der Waals surface area contributed by atoms with Crippen molar-refractivity contribution in [2.45, 2.75) is 26.3 Å². The van der Waals surface area contributed by atoms with Crippen LogP contribution in [-0.4, -0.2) is 15.1 Å². The van der Waals surface area contributed by atoms with E-state index in [0.717, 1.165) is 5.56 Å². The number of nitro groups is 1. The van der Waals surface area contributed by atoms with Gasteiger partial charge < -0.3 is 10.3 Å². The summed E-state index contributed by atoms with van der Waals surface area (Å²) in [5.41, 5.74) is 6.92. The predicted octanol–water partition coefficient (Wildman–Crippen LogP) is 2.36.